The first kappa shape index (κ1) is 27.3. The monoisotopic (exact) mass is 510 g/mol. The minimum Gasteiger partial charge on any atom is -0.465 e. The maximum atomic E-state index is 12.0. The van der Waals surface area contributed by atoms with Crippen LogP contribution in [0.2, 0.25) is 0 Å². The van der Waals surface area contributed by atoms with Crippen molar-refractivity contribution >= 4 is 23.9 Å². The van der Waals surface area contributed by atoms with Gasteiger partial charge in [-0.05, 0) is 60.7 Å². The van der Waals surface area contributed by atoms with Crippen LogP contribution in [0.25, 0.3) is 0 Å². The van der Waals surface area contributed by atoms with Gasteiger partial charge in [0.25, 0.3) is 0 Å². The molecule has 0 fully saturated rings. The van der Waals surface area contributed by atoms with Gasteiger partial charge < -0.3 is 18.9 Å². The van der Waals surface area contributed by atoms with Crippen molar-refractivity contribution in [2.75, 3.05) is 28.4 Å². The number of rotatable bonds is 4. The molecule has 38 heavy (non-hydrogen) atoms. The summed E-state index contributed by atoms with van der Waals surface area (Å²) in [6, 6.07) is 15.9. The normalized spacial score (nSPS) is 9.58. The van der Waals surface area contributed by atoms with Crippen LogP contribution in [0.15, 0.2) is 60.7 Å². The molecule has 0 aliphatic heterocycles. The Morgan fingerprint density at radius 3 is 0.895 bits per heavy atom. The topological polar surface area (TPSA) is 105 Å². The second kappa shape index (κ2) is 12.6. The van der Waals surface area contributed by atoms with E-state index in [9.17, 15) is 19.2 Å². The Balaban J connectivity index is 1.87. The number of carbonyl (C=O) groups excluding carboxylic acids is 4. The van der Waals surface area contributed by atoms with Crippen molar-refractivity contribution in [3.8, 4) is 23.7 Å². The van der Waals surface area contributed by atoms with Gasteiger partial charge >= 0.3 is 23.9 Å². The van der Waals surface area contributed by atoms with Crippen LogP contribution in [0.5, 0.6) is 0 Å². The van der Waals surface area contributed by atoms with Crippen LogP contribution in [-0.4, -0.2) is 52.3 Å². The standard InChI is InChI=1S/C30H22O8/c1-35-27(31)23-13-21(14-24(17-23)28(32)36-2)11-9-19-5-7-20(8-6-19)10-12-22-15-25(29(33)37-3)18-26(16-22)30(34)38-4/h5-8,13-18H,1-4H3. The molecule has 0 aliphatic carbocycles. The van der Waals surface area contributed by atoms with E-state index in [-0.39, 0.29) is 22.3 Å². The molecule has 3 aromatic carbocycles. The summed E-state index contributed by atoms with van der Waals surface area (Å²) < 4.78 is 19.0. The van der Waals surface area contributed by atoms with Crippen LogP contribution in [0, 0.1) is 23.7 Å². The van der Waals surface area contributed by atoms with E-state index in [4.69, 9.17) is 18.9 Å². The van der Waals surface area contributed by atoms with Crippen LogP contribution in [0.1, 0.15) is 63.7 Å². The lowest BCUT2D eigenvalue weighted by Gasteiger charge is -2.04. The van der Waals surface area contributed by atoms with Gasteiger partial charge in [0.15, 0.2) is 0 Å². The number of benzene rings is 3. The lowest BCUT2D eigenvalue weighted by Crippen LogP contribution is -2.07. The van der Waals surface area contributed by atoms with E-state index in [1.807, 2.05) is 0 Å². The van der Waals surface area contributed by atoms with E-state index in [0.29, 0.717) is 22.3 Å². The fourth-order valence-corrected chi connectivity index (χ4v) is 3.27. The first-order valence-corrected chi connectivity index (χ1v) is 11.1. The summed E-state index contributed by atoms with van der Waals surface area (Å²) in [5.74, 6) is 9.42. The highest BCUT2D eigenvalue weighted by molar-refractivity contribution is 5.96. The first-order valence-electron chi connectivity index (χ1n) is 11.1. The number of hydrogen-bond donors (Lipinski definition) is 0. The minimum atomic E-state index is -0.599. The van der Waals surface area contributed by atoms with Gasteiger partial charge in [0.05, 0.1) is 50.7 Å². The molecule has 3 aromatic rings. The van der Waals surface area contributed by atoms with Crippen molar-refractivity contribution in [2.24, 2.45) is 0 Å². The highest BCUT2D eigenvalue weighted by Crippen LogP contribution is 2.14. The van der Waals surface area contributed by atoms with E-state index in [1.54, 1.807) is 24.3 Å². The Bertz CT molecular complexity index is 1340. The molecule has 3 rings (SSSR count). The summed E-state index contributed by atoms with van der Waals surface area (Å²) in [6.45, 7) is 0. The van der Waals surface area contributed by atoms with Gasteiger partial charge in [-0.2, -0.15) is 0 Å². The fraction of sp³-hybridized carbons (Fsp3) is 0.133. The molecule has 0 spiro atoms. The van der Waals surface area contributed by atoms with Crippen LogP contribution >= 0.6 is 0 Å². The predicted molar refractivity (Wildman–Crippen MR) is 137 cm³/mol. The molecule has 0 unspecified atom stereocenters. The van der Waals surface area contributed by atoms with Crippen molar-refractivity contribution in [3.63, 3.8) is 0 Å². The lowest BCUT2D eigenvalue weighted by atomic mass is 10.0. The van der Waals surface area contributed by atoms with Gasteiger partial charge in [-0.3, -0.25) is 0 Å². The molecular formula is C30H22O8. The van der Waals surface area contributed by atoms with E-state index < -0.39 is 23.9 Å². The van der Waals surface area contributed by atoms with Crippen molar-refractivity contribution in [1.82, 2.24) is 0 Å². The number of esters is 4. The molecule has 190 valence electrons. The number of methoxy groups -OCH3 is 4. The minimum absolute atomic E-state index is 0.178. The molecule has 0 atom stereocenters. The Morgan fingerprint density at radius 1 is 0.421 bits per heavy atom. The van der Waals surface area contributed by atoms with E-state index >= 15 is 0 Å². The maximum absolute atomic E-state index is 12.0. The van der Waals surface area contributed by atoms with Gasteiger partial charge in [-0.1, -0.05) is 23.7 Å². The Hall–Kier alpha value is -5.34. The highest BCUT2D eigenvalue weighted by Gasteiger charge is 2.14. The van der Waals surface area contributed by atoms with Gasteiger partial charge in [-0.25, -0.2) is 19.2 Å². The summed E-state index contributed by atoms with van der Waals surface area (Å²) in [5.41, 5.74) is 2.91. The summed E-state index contributed by atoms with van der Waals surface area (Å²) in [6.07, 6.45) is 0. The second-order valence-electron chi connectivity index (χ2n) is 7.64. The van der Waals surface area contributed by atoms with Crippen molar-refractivity contribution in [2.45, 2.75) is 0 Å². The summed E-state index contributed by atoms with van der Waals surface area (Å²) in [5, 5.41) is 0. The van der Waals surface area contributed by atoms with Crippen LogP contribution < -0.4 is 0 Å². The number of ether oxygens (including phenoxy) is 4. The number of hydrogen-bond acceptors (Lipinski definition) is 8. The molecule has 0 aromatic heterocycles. The molecule has 8 heteroatoms. The highest BCUT2D eigenvalue weighted by atomic mass is 16.5. The molecule has 0 heterocycles. The summed E-state index contributed by atoms with van der Waals surface area (Å²) >= 11 is 0. The zero-order chi connectivity index (χ0) is 27.7. The van der Waals surface area contributed by atoms with Crippen molar-refractivity contribution in [3.05, 3.63) is 105 Å². The Morgan fingerprint density at radius 2 is 0.658 bits per heavy atom. The Kier molecular flexibility index (Phi) is 9.01. The zero-order valence-electron chi connectivity index (χ0n) is 21.0. The molecule has 0 saturated carbocycles. The molecular weight excluding hydrogens is 488 g/mol. The average molecular weight is 510 g/mol. The second-order valence-corrected chi connectivity index (χ2v) is 7.64. The van der Waals surface area contributed by atoms with Crippen LogP contribution in [-0.2, 0) is 18.9 Å². The summed E-state index contributed by atoms with van der Waals surface area (Å²) in [4.78, 5) is 47.8. The van der Waals surface area contributed by atoms with Gasteiger partial charge in [0, 0.05) is 22.3 Å². The largest absolute Gasteiger partial charge is 0.465 e. The molecule has 0 aliphatic rings. The third-order valence-corrected chi connectivity index (χ3v) is 5.14. The quantitative estimate of drug-likeness (QED) is 0.298. The summed E-state index contributed by atoms with van der Waals surface area (Å²) in [7, 11) is 4.99. The van der Waals surface area contributed by atoms with Crippen LogP contribution in [0.3, 0.4) is 0 Å². The Labute approximate surface area is 219 Å². The molecule has 0 saturated heterocycles. The maximum Gasteiger partial charge on any atom is 0.337 e. The van der Waals surface area contributed by atoms with Crippen molar-refractivity contribution < 1.29 is 38.1 Å². The molecule has 0 radical (unpaired) electrons. The molecule has 0 amide bonds. The van der Waals surface area contributed by atoms with Gasteiger partial charge in [-0.15, -0.1) is 0 Å². The van der Waals surface area contributed by atoms with E-state index in [0.717, 1.165) is 0 Å². The molecule has 8 nitrogen and oxygen atoms in total. The van der Waals surface area contributed by atoms with Gasteiger partial charge in [0.2, 0.25) is 0 Å². The van der Waals surface area contributed by atoms with E-state index in [2.05, 4.69) is 23.7 Å². The van der Waals surface area contributed by atoms with Crippen molar-refractivity contribution in [1.29, 1.82) is 0 Å². The fourth-order valence-electron chi connectivity index (χ4n) is 3.27. The SMILES string of the molecule is COC(=O)c1cc(C#Cc2ccc(C#Cc3cc(C(=O)OC)cc(C(=O)OC)c3)cc2)cc(C(=O)OC)c1. The molecule has 0 N–H and O–H groups in total. The smallest absolute Gasteiger partial charge is 0.337 e. The van der Waals surface area contributed by atoms with Crippen LogP contribution in [0.4, 0.5) is 0 Å². The first-order chi connectivity index (χ1) is 18.3. The molecule has 0 bridgehead atoms. The predicted octanol–water partition coefficient (Wildman–Crippen LogP) is 3.63. The number of carbonyl (C=O) groups is 4. The third kappa shape index (κ3) is 6.87. The van der Waals surface area contributed by atoms with Gasteiger partial charge in [0.1, 0.15) is 0 Å². The van der Waals surface area contributed by atoms with E-state index in [1.165, 1.54) is 64.8 Å². The average Bonchev–Trinajstić information content (AvgIpc) is 2.97. The zero-order valence-corrected chi connectivity index (χ0v) is 21.0. The lowest BCUT2D eigenvalue weighted by molar-refractivity contribution is 0.0581. The third-order valence-electron chi connectivity index (χ3n) is 5.14.